The molecule has 0 spiro atoms. The first kappa shape index (κ1) is 20.3. The molecule has 4 aromatic rings. The second-order valence-electron chi connectivity index (χ2n) is 7.27. The molecule has 7 heteroatoms. The molecule has 0 saturated heterocycles. The summed E-state index contributed by atoms with van der Waals surface area (Å²) in [6, 6.07) is 18.5. The van der Waals surface area contributed by atoms with Crippen molar-refractivity contribution in [2.75, 3.05) is 6.54 Å². The van der Waals surface area contributed by atoms with Crippen molar-refractivity contribution in [1.82, 2.24) is 14.7 Å². The van der Waals surface area contributed by atoms with Crippen LogP contribution < -0.4 is 10.9 Å². The average molecular weight is 415 g/mol. The average Bonchev–Trinajstić information content (AvgIpc) is 2.77. The molecule has 0 unspecified atom stereocenters. The van der Waals surface area contributed by atoms with Crippen LogP contribution in [0.25, 0.3) is 16.4 Å². The third kappa shape index (κ3) is 4.78. The fourth-order valence-electron chi connectivity index (χ4n) is 3.39. The largest absolute Gasteiger partial charge is 0.458 e. The standard InChI is InChI=1S/C24H21N3O4/c1-16-9-10-21-26-19(12-23(29)27(21)14-16)15-31-24(30)13-25-22(28)11-18-7-4-6-17-5-2-3-8-20(17)18/h2-10,12,14H,11,13,15H2,1H3,(H,25,28). The van der Waals surface area contributed by atoms with Crippen LogP contribution in [0.2, 0.25) is 0 Å². The Balaban J connectivity index is 1.32. The molecule has 7 nitrogen and oxygen atoms in total. The van der Waals surface area contributed by atoms with E-state index in [-0.39, 0.29) is 31.0 Å². The summed E-state index contributed by atoms with van der Waals surface area (Å²) in [5, 5.41) is 4.64. The third-order valence-corrected chi connectivity index (χ3v) is 4.90. The molecule has 2 aromatic heterocycles. The minimum atomic E-state index is -0.600. The van der Waals surface area contributed by atoms with Crippen LogP contribution >= 0.6 is 0 Å². The lowest BCUT2D eigenvalue weighted by molar-refractivity contribution is -0.145. The van der Waals surface area contributed by atoms with E-state index in [0.29, 0.717) is 11.3 Å². The predicted molar refractivity (Wildman–Crippen MR) is 117 cm³/mol. The van der Waals surface area contributed by atoms with Gasteiger partial charge in [0.1, 0.15) is 18.8 Å². The molecule has 2 aromatic carbocycles. The molecule has 0 bridgehead atoms. The number of esters is 1. The summed E-state index contributed by atoms with van der Waals surface area (Å²) >= 11 is 0. The molecule has 0 radical (unpaired) electrons. The highest BCUT2D eigenvalue weighted by atomic mass is 16.5. The highest BCUT2D eigenvalue weighted by Gasteiger charge is 2.11. The van der Waals surface area contributed by atoms with E-state index in [9.17, 15) is 14.4 Å². The minimum absolute atomic E-state index is 0.141. The van der Waals surface area contributed by atoms with Crippen LogP contribution in [0.4, 0.5) is 0 Å². The van der Waals surface area contributed by atoms with E-state index in [2.05, 4.69) is 10.3 Å². The summed E-state index contributed by atoms with van der Waals surface area (Å²) in [6.07, 6.45) is 1.86. The van der Waals surface area contributed by atoms with E-state index in [1.54, 1.807) is 12.3 Å². The van der Waals surface area contributed by atoms with Gasteiger partial charge in [0.15, 0.2) is 0 Å². The minimum Gasteiger partial charge on any atom is -0.458 e. The number of aromatic nitrogens is 2. The molecule has 0 aliphatic heterocycles. The Morgan fingerprint density at radius 3 is 2.74 bits per heavy atom. The van der Waals surface area contributed by atoms with E-state index in [1.807, 2.05) is 55.5 Å². The number of fused-ring (bicyclic) bond motifs is 2. The Hall–Kier alpha value is -4.00. The summed E-state index contributed by atoms with van der Waals surface area (Å²) in [5.41, 5.74) is 2.41. The maximum absolute atomic E-state index is 12.3. The molecule has 0 aliphatic rings. The molecule has 156 valence electrons. The number of aryl methyl sites for hydroxylation is 1. The van der Waals surface area contributed by atoms with Gasteiger partial charge in [-0.05, 0) is 34.9 Å². The lowest BCUT2D eigenvalue weighted by atomic mass is 10.0. The van der Waals surface area contributed by atoms with Crippen molar-refractivity contribution < 1.29 is 14.3 Å². The Bertz CT molecular complexity index is 1340. The number of carbonyl (C=O) groups is 2. The first-order valence-electron chi connectivity index (χ1n) is 9.87. The lowest BCUT2D eigenvalue weighted by Gasteiger charge is -2.09. The molecule has 0 saturated carbocycles. The van der Waals surface area contributed by atoms with Gasteiger partial charge in [0.05, 0.1) is 12.1 Å². The van der Waals surface area contributed by atoms with Crippen molar-refractivity contribution in [2.45, 2.75) is 20.0 Å². The zero-order valence-electron chi connectivity index (χ0n) is 17.0. The van der Waals surface area contributed by atoms with Gasteiger partial charge in [-0.15, -0.1) is 0 Å². The number of nitrogens with zero attached hydrogens (tertiary/aromatic N) is 2. The van der Waals surface area contributed by atoms with Crippen molar-refractivity contribution in [3.63, 3.8) is 0 Å². The molecule has 31 heavy (non-hydrogen) atoms. The van der Waals surface area contributed by atoms with Gasteiger partial charge in [0.2, 0.25) is 5.91 Å². The van der Waals surface area contributed by atoms with E-state index >= 15 is 0 Å². The van der Waals surface area contributed by atoms with Gasteiger partial charge in [-0.3, -0.25) is 18.8 Å². The predicted octanol–water partition coefficient (Wildman–Crippen LogP) is 2.56. The van der Waals surface area contributed by atoms with Gasteiger partial charge in [-0.25, -0.2) is 4.98 Å². The topological polar surface area (TPSA) is 89.8 Å². The van der Waals surface area contributed by atoms with Gasteiger partial charge in [-0.1, -0.05) is 48.5 Å². The number of ether oxygens (including phenoxy) is 1. The van der Waals surface area contributed by atoms with Gasteiger partial charge < -0.3 is 10.1 Å². The number of benzene rings is 2. The number of hydrogen-bond acceptors (Lipinski definition) is 5. The molecule has 0 atom stereocenters. The zero-order chi connectivity index (χ0) is 21.8. The van der Waals surface area contributed by atoms with Crippen molar-refractivity contribution in [3.8, 4) is 0 Å². The van der Waals surface area contributed by atoms with Gasteiger partial charge >= 0.3 is 5.97 Å². The first-order chi connectivity index (χ1) is 15.0. The van der Waals surface area contributed by atoms with Gasteiger partial charge in [-0.2, -0.15) is 0 Å². The van der Waals surface area contributed by atoms with Crippen LogP contribution in [0.3, 0.4) is 0 Å². The monoisotopic (exact) mass is 415 g/mol. The second kappa shape index (κ2) is 8.79. The van der Waals surface area contributed by atoms with Crippen LogP contribution in [0, 0.1) is 6.92 Å². The van der Waals surface area contributed by atoms with Crippen LogP contribution in [-0.2, 0) is 27.4 Å². The number of carbonyl (C=O) groups excluding carboxylic acids is 2. The highest BCUT2D eigenvalue weighted by Crippen LogP contribution is 2.18. The molecular weight excluding hydrogens is 394 g/mol. The smallest absolute Gasteiger partial charge is 0.325 e. The van der Waals surface area contributed by atoms with Crippen LogP contribution in [0.15, 0.2) is 71.7 Å². The second-order valence-corrected chi connectivity index (χ2v) is 7.27. The molecule has 1 N–H and O–H groups in total. The molecule has 0 fully saturated rings. The molecule has 4 rings (SSSR count). The highest BCUT2D eigenvalue weighted by molar-refractivity contribution is 5.91. The Morgan fingerprint density at radius 2 is 1.87 bits per heavy atom. The number of rotatable bonds is 6. The first-order valence-corrected chi connectivity index (χ1v) is 9.87. The summed E-state index contributed by atoms with van der Waals surface area (Å²) < 4.78 is 6.60. The maximum Gasteiger partial charge on any atom is 0.325 e. The van der Waals surface area contributed by atoms with Crippen molar-refractivity contribution in [1.29, 1.82) is 0 Å². The van der Waals surface area contributed by atoms with E-state index in [1.165, 1.54) is 10.5 Å². The fourth-order valence-corrected chi connectivity index (χ4v) is 3.39. The molecule has 1 amide bonds. The van der Waals surface area contributed by atoms with Crippen LogP contribution in [-0.4, -0.2) is 27.8 Å². The number of amides is 1. The van der Waals surface area contributed by atoms with E-state index in [4.69, 9.17) is 4.74 Å². The number of nitrogens with one attached hydrogen (secondary N) is 1. The Kier molecular flexibility index (Phi) is 5.75. The number of hydrogen-bond donors (Lipinski definition) is 1. The van der Waals surface area contributed by atoms with Crippen molar-refractivity contribution in [2.24, 2.45) is 0 Å². The van der Waals surface area contributed by atoms with Crippen molar-refractivity contribution in [3.05, 3.63) is 94.0 Å². The van der Waals surface area contributed by atoms with E-state index in [0.717, 1.165) is 21.9 Å². The normalized spacial score (nSPS) is 10.9. The summed E-state index contributed by atoms with van der Waals surface area (Å²) in [4.78, 5) is 40.8. The Morgan fingerprint density at radius 1 is 1.06 bits per heavy atom. The molecule has 2 heterocycles. The van der Waals surface area contributed by atoms with Crippen molar-refractivity contribution >= 4 is 28.3 Å². The maximum atomic E-state index is 12.3. The Labute approximate surface area is 178 Å². The fraction of sp³-hybridized carbons (Fsp3) is 0.167. The van der Waals surface area contributed by atoms with Crippen LogP contribution in [0.5, 0.6) is 0 Å². The summed E-state index contributed by atoms with van der Waals surface area (Å²) in [7, 11) is 0. The van der Waals surface area contributed by atoms with E-state index < -0.39 is 5.97 Å². The number of pyridine rings is 1. The van der Waals surface area contributed by atoms with Crippen LogP contribution in [0.1, 0.15) is 16.8 Å². The quantitative estimate of drug-likeness (QED) is 0.489. The van der Waals surface area contributed by atoms with Gasteiger partial charge in [0, 0.05) is 12.3 Å². The summed E-state index contributed by atoms with van der Waals surface area (Å²) in [6.45, 7) is 1.49. The van der Waals surface area contributed by atoms with Gasteiger partial charge in [0.25, 0.3) is 5.56 Å². The third-order valence-electron chi connectivity index (χ3n) is 4.90. The zero-order valence-corrected chi connectivity index (χ0v) is 17.0. The molecular formula is C24H21N3O4. The lowest BCUT2D eigenvalue weighted by Crippen LogP contribution is -2.31. The SMILES string of the molecule is Cc1ccc2nc(COC(=O)CNC(=O)Cc3cccc4ccccc34)cc(=O)n2c1. The summed E-state index contributed by atoms with van der Waals surface area (Å²) in [5.74, 6) is -0.872. The molecule has 0 aliphatic carbocycles.